The lowest BCUT2D eigenvalue weighted by molar-refractivity contribution is -0.142. The molecule has 6 nitrogen and oxygen atoms in total. The van der Waals surface area contributed by atoms with Gasteiger partial charge in [0.1, 0.15) is 6.61 Å². The molecule has 2 aliphatic rings. The summed E-state index contributed by atoms with van der Waals surface area (Å²) in [5.74, 6) is -0.727. The molecule has 0 aromatic rings. The molecule has 0 aromatic heterocycles. The molecule has 2 rings (SSSR count). The van der Waals surface area contributed by atoms with E-state index in [1.807, 2.05) is 6.08 Å². The van der Waals surface area contributed by atoms with E-state index < -0.39 is 0 Å². The topological polar surface area (TPSA) is 81.7 Å². The molecule has 22 heavy (non-hydrogen) atoms. The number of carbonyl (C=O) groups is 3. The number of fused-ring (bicyclic) bond motifs is 1. The number of amides is 1. The maximum atomic E-state index is 12.0. The smallest absolute Gasteiger partial charge is 0.302 e. The summed E-state index contributed by atoms with van der Waals surface area (Å²) in [4.78, 5) is 33.7. The van der Waals surface area contributed by atoms with Crippen LogP contribution >= 0.6 is 0 Å². The standard InChI is InChI=1S/C16H17NO5/c1-10(18)17-13-7-15-12(3-4-14(15)16(20)8-13)9-21-5-6-22-11(2)19/h3-4,7-8H,5-6,9H2,1-2H3,(H,17,18). The van der Waals surface area contributed by atoms with Crippen molar-refractivity contribution in [2.45, 2.75) is 13.8 Å². The van der Waals surface area contributed by atoms with Gasteiger partial charge in [-0.2, -0.15) is 0 Å². The minimum absolute atomic E-state index is 0.146. The van der Waals surface area contributed by atoms with E-state index in [-0.39, 0.29) is 30.9 Å². The third-order valence-corrected chi connectivity index (χ3v) is 3.05. The van der Waals surface area contributed by atoms with Gasteiger partial charge in [0.2, 0.25) is 5.91 Å². The van der Waals surface area contributed by atoms with Crippen LogP contribution in [0.2, 0.25) is 0 Å². The third kappa shape index (κ3) is 4.02. The molecule has 1 amide bonds. The summed E-state index contributed by atoms with van der Waals surface area (Å²) in [5.41, 5.74) is 2.66. The number of hydrogen-bond donors (Lipinski definition) is 1. The van der Waals surface area contributed by atoms with E-state index in [0.717, 1.165) is 11.1 Å². The number of carbonyl (C=O) groups excluding carboxylic acids is 3. The van der Waals surface area contributed by atoms with Gasteiger partial charge in [0.05, 0.1) is 13.2 Å². The zero-order chi connectivity index (χ0) is 16.1. The minimum atomic E-state index is -0.349. The maximum absolute atomic E-state index is 12.0. The maximum Gasteiger partial charge on any atom is 0.302 e. The molecule has 6 heteroatoms. The van der Waals surface area contributed by atoms with Gasteiger partial charge in [-0.25, -0.2) is 0 Å². The highest BCUT2D eigenvalue weighted by Crippen LogP contribution is 2.31. The van der Waals surface area contributed by atoms with Crippen molar-refractivity contribution in [3.63, 3.8) is 0 Å². The monoisotopic (exact) mass is 303 g/mol. The largest absolute Gasteiger partial charge is 0.463 e. The molecular weight excluding hydrogens is 286 g/mol. The predicted octanol–water partition coefficient (Wildman–Crippen LogP) is 0.962. The van der Waals surface area contributed by atoms with E-state index >= 15 is 0 Å². The molecule has 0 aromatic carbocycles. The highest BCUT2D eigenvalue weighted by molar-refractivity contribution is 6.11. The van der Waals surface area contributed by atoms with Crippen LogP contribution in [0, 0.1) is 0 Å². The van der Waals surface area contributed by atoms with Crippen LogP contribution in [0.25, 0.3) is 0 Å². The van der Waals surface area contributed by atoms with Gasteiger partial charge in [-0.15, -0.1) is 0 Å². The molecule has 0 bridgehead atoms. The van der Waals surface area contributed by atoms with Crippen molar-refractivity contribution in [3.05, 3.63) is 46.7 Å². The van der Waals surface area contributed by atoms with Crippen molar-refractivity contribution in [2.75, 3.05) is 19.8 Å². The second kappa shape index (κ2) is 7.00. The first-order chi connectivity index (χ1) is 10.5. The molecule has 0 heterocycles. The SMILES string of the molecule is CC(=O)NC1=CC(=O)C2=CC=C(COCCOC(C)=O)C2=C1. The summed E-state index contributed by atoms with van der Waals surface area (Å²) in [7, 11) is 0. The van der Waals surface area contributed by atoms with Crippen LogP contribution in [-0.2, 0) is 23.9 Å². The van der Waals surface area contributed by atoms with Crippen molar-refractivity contribution in [1.82, 2.24) is 5.32 Å². The van der Waals surface area contributed by atoms with Crippen LogP contribution in [0.1, 0.15) is 13.8 Å². The fourth-order valence-electron chi connectivity index (χ4n) is 2.17. The summed E-state index contributed by atoms with van der Waals surface area (Å²) in [5, 5.41) is 2.61. The molecule has 116 valence electrons. The highest BCUT2D eigenvalue weighted by Gasteiger charge is 2.24. The molecule has 0 spiro atoms. The number of nitrogens with one attached hydrogen (secondary N) is 1. The van der Waals surface area contributed by atoms with Gasteiger partial charge in [0.15, 0.2) is 5.78 Å². The van der Waals surface area contributed by atoms with Crippen molar-refractivity contribution >= 4 is 17.7 Å². The van der Waals surface area contributed by atoms with Gasteiger partial charge in [0, 0.05) is 31.2 Å². The normalized spacial score (nSPS) is 16.2. The number of rotatable bonds is 6. The lowest BCUT2D eigenvalue weighted by Crippen LogP contribution is -2.22. The molecule has 0 saturated heterocycles. The van der Waals surface area contributed by atoms with E-state index in [4.69, 9.17) is 9.47 Å². The average Bonchev–Trinajstić information content (AvgIpc) is 2.81. The second-order valence-electron chi connectivity index (χ2n) is 4.87. The summed E-state index contributed by atoms with van der Waals surface area (Å²) < 4.78 is 10.2. The average molecular weight is 303 g/mol. The molecule has 0 atom stereocenters. The number of ketones is 1. The van der Waals surface area contributed by atoms with Crippen LogP contribution < -0.4 is 5.32 Å². The molecule has 2 aliphatic carbocycles. The van der Waals surface area contributed by atoms with Crippen molar-refractivity contribution in [3.8, 4) is 0 Å². The zero-order valence-corrected chi connectivity index (χ0v) is 12.5. The Morgan fingerprint density at radius 2 is 1.86 bits per heavy atom. The van der Waals surface area contributed by atoms with E-state index in [0.29, 0.717) is 17.9 Å². The molecule has 0 saturated carbocycles. The fourth-order valence-corrected chi connectivity index (χ4v) is 2.17. The summed E-state index contributed by atoms with van der Waals surface area (Å²) >= 11 is 0. The number of ether oxygens (including phenoxy) is 2. The summed E-state index contributed by atoms with van der Waals surface area (Å²) in [6, 6.07) is 0. The number of allylic oxidation sites excluding steroid dienone is 5. The van der Waals surface area contributed by atoms with Crippen molar-refractivity contribution in [1.29, 1.82) is 0 Å². The lowest BCUT2D eigenvalue weighted by atomic mass is 9.94. The van der Waals surface area contributed by atoms with E-state index in [9.17, 15) is 14.4 Å². The van der Waals surface area contributed by atoms with Crippen LogP contribution in [0.3, 0.4) is 0 Å². The highest BCUT2D eigenvalue weighted by atomic mass is 16.6. The molecular formula is C16H17NO5. The number of hydrogen-bond acceptors (Lipinski definition) is 5. The minimum Gasteiger partial charge on any atom is -0.463 e. The van der Waals surface area contributed by atoms with E-state index in [2.05, 4.69) is 5.32 Å². The van der Waals surface area contributed by atoms with Crippen LogP contribution in [0.4, 0.5) is 0 Å². The first-order valence-corrected chi connectivity index (χ1v) is 6.85. The Bertz CT molecular complexity index is 637. The zero-order valence-electron chi connectivity index (χ0n) is 12.5. The lowest BCUT2D eigenvalue weighted by Gasteiger charge is -2.15. The second-order valence-corrected chi connectivity index (χ2v) is 4.87. The first kappa shape index (κ1) is 15.9. The van der Waals surface area contributed by atoms with Crippen LogP contribution in [-0.4, -0.2) is 37.5 Å². The summed E-state index contributed by atoms with van der Waals surface area (Å²) in [6.45, 7) is 3.50. The number of esters is 1. The van der Waals surface area contributed by atoms with Crippen LogP contribution in [0.15, 0.2) is 46.7 Å². The van der Waals surface area contributed by atoms with Crippen molar-refractivity contribution in [2.24, 2.45) is 0 Å². The molecule has 1 N–H and O–H groups in total. The first-order valence-electron chi connectivity index (χ1n) is 6.85. The van der Waals surface area contributed by atoms with Crippen LogP contribution in [0.5, 0.6) is 0 Å². The van der Waals surface area contributed by atoms with Gasteiger partial charge >= 0.3 is 5.97 Å². The van der Waals surface area contributed by atoms with E-state index in [1.54, 1.807) is 12.2 Å². The molecule has 0 unspecified atom stereocenters. The Morgan fingerprint density at radius 3 is 2.55 bits per heavy atom. The fraction of sp³-hybridized carbons (Fsp3) is 0.312. The predicted molar refractivity (Wildman–Crippen MR) is 78.6 cm³/mol. The molecule has 0 radical (unpaired) electrons. The quantitative estimate of drug-likeness (QED) is 0.584. The van der Waals surface area contributed by atoms with Crippen molar-refractivity contribution < 1.29 is 23.9 Å². The van der Waals surface area contributed by atoms with Gasteiger partial charge in [0.25, 0.3) is 0 Å². The Labute approximate surface area is 128 Å². The Kier molecular flexibility index (Phi) is 5.06. The van der Waals surface area contributed by atoms with Gasteiger partial charge in [-0.3, -0.25) is 14.4 Å². The van der Waals surface area contributed by atoms with Gasteiger partial charge < -0.3 is 14.8 Å². The van der Waals surface area contributed by atoms with Gasteiger partial charge in [-0.1, -0.05) is 12.2 Å². The Balaban J connectivity index is 1.94. The van der Waals surface area contributed by atoms with E-state index in [1.165, 1.54) is 19.9 Å². The Morgan fingerprint density at radius 1 is 1.09 bits per heavy atom. The molecule has 0 aliphatic heterocycles. The Hall–Kier alpha value is -2.47. The summed E-state index contributed by atoms with van der Waals surface area (Å²) in [6.07, 6.45) is 6.70. The third-order valence-electron chi connectivity index (χ3n) is 3.05. The van der Waals surface area contributed by atoms with Gasteiger partial charge in [-0.05, 0) is 17.2 Å². The molecule has 0 fully saturated rings.